The summed E-state index contributed by atoms with van der Waals surface area (Å²) in [5.41, 5.74) is 3.89. The van der Waals surface area contributed by atoms with E-state index in [2.05, 4.69) is 4.90 Å². The maximum Gasteiger partial charge on any atom is 0.416 e. The average Bonchev–Trinajstić information content (AvgIpc) is 2.94. The largest absolute Gasteiger partial charge is 0.416 e. The Bertz CT molecular complexity index is 1060. The molecule has 2 aromatic carbocycles. The molecule has 4 rings (SSSR count). The molecule has 146 valence electrons. The van der Waals surface area contributed by atoms with Gasteiger partial charge >= 0.3 is 6.18 Å². The molecule has 0 fully saturated rings. The maximum absolute atomic E-state index is 13.2. The zero-order valence-corrected chi connectivity index (χ0v) is 15.6. The quantitative estimate of drug-likeness (QED) is 0.504. The molecule has 3 aromatic rings. The highest BCUT2D eigenvalue weighted by Gasteiger charge is 2.32. The molecule has 1 aliphatic heterocycles. The van der Waals surface area contributed by atoms with E-state index in [9.17, 15) is 17.6 Å². The minimum absolute atomic E-state index is 0.303. The fourth-order valence-electron chi connectivity index (χ4n) is 3.83. The van der Waals surface area contributed by atoms with Crippen LogP contribution in [0.3, 0.4) is 0 Å². The summed E-state index contributed by atoms with van der Waals surface area (Å²) >= 11 is 0. The van der Waals surface area contributed by atoms with Crippen molar-refractivity contribution in [1.29, 1.82) is 0 Å². The van der Waals surface area contributed by atoms with Crippen molar-refractivity contribution >= 4 is 22.7 Å². The van der Waals surface area contributed by atoms with E-state index < -0.39 is 11.7 Å². The fourth-order valence-corrected chi connectivity index (χ4v) is 3.83. The van der Waals surface area contributed by atoms with Crippen molar-refractivity contribution in [1.82, 2.24) is 9.47 Å². The number of alkyl halides is 3. The summed E-state index contributed by atoms with van der Waals surface area (Å²) in [6.45, 7) is 3.38. The molecule has 0 amide bonds. The van der Waals surface area contributed by atoms with Crippen LogP contribution in [0.1, 0.15) is 29.3 Å². The smallest absolute Gasteiger partial charge is 0.320 e. The summed E-state index contributed by atoms with van der Waals surface area (Å²) in [6.07, 6.45) is -1.67. The zero-order valence-electron chi connectivity index (χ0n) is 15.6. The molecule has 0 saturated heterocycles. The van der Waals surface area contributed by atoms with Gasteiger partial charge in [-0.1, -0.05) is 12.1 Å². The minimum atomic E-state index is -4.37. The van der Waals surface area contributed by atoms with E-state index in [1.54, 1.807) is 18.2 Å². The second-order valence-electron chi connectivity index (χ2n) is 7.33. The van der Waals surface area contributed by atoms with Crippen LogP contribution in [0.5, 0.6) is 0 Å². The van der Waals surface area contributed by atoms with Crippen molar-refractivity contribution in [2.45, 2.75) is 26.1 Å². The van der Waals surface area contributed by atoms with Crippen LogP contribution >= 0.6 is 0 Å². The molecule has 0 N–H and O–H groups in total. The number of rotatable bonds is 2. The third-order valence-electron chi connectivity index (χ3n) is 5.33. The summed E-state index contributed by atoms with van der Waals surface area (Å²) in [4.78, 5) is 2.11. The molecule has 1 aliphatic rings. The predicted molar refractivity (Wildman–Crippen MR) is 103 cm³/mol. The Kier molecular flexibility index (Phi) is 4.54. The van der Waals surface area contributed by atoms with Gasteiger partial charge < -0.3 is 9.47 Å². The van der Waals surface area contributed by atoms with Gasteiger partial charge in [0.2, 0.25) is 0 Å². The van der Waals surface area contributed by atoms with Gasteiger partial charge in [0.1, 0.15) is 5.82 Å². The number of halogens is 4. The van der Waals surface area contributed by atoms with Crippen molar-refractivity contribution in [2.75, 3.05) is 13.6 Å². The first-order valence-corrected chi connectivity index (χ1v) is 9.10. The van der Waals surface area contributed by atoms with Crippen molar-refractivity contribution < 1.29 is 17.6 Å². The normalized spacial score (nSPS) is 15.9. The molecule has 0 spiro atoms. The lowest BCUT2D eigenvalue weighted by Gasteiger charge is -2.23. The van der Waals surface area contributed by atoms with Gasteiger partial charge in [-0.3, -0.25) is 0 Å². The van der Waals surface area contributed by atoms with E-state index in [0.717, 1.165) is 46.9 Å². The molecular weight excluding hydrogens is 368 g/mol. The first-order valence-electron chi connectivity index (χ1n) is 9.10. The van der Waals surface area contributed by atoms with E-state index in [0.29, 0.717) is 11.9 Å². The summed E-state index contributed by atoms with van der Waals surface area (Å²) in [7, 11) is 1.97. The molecule has 0 unspecified atom stereocenters. The van der Waals surface area contributed by atoms with E-state index >= 15 is 0 Å². The molecule has 0 saturated carbocycles. The van der Waals surface area contributed by atoms with Gasteiger partial charge in [0, 0.05) is 36.8 Å². The molecule has 2 heterocycles. The average molecular weight is 388 g/mol. The maximum atomic E-state index is 13.2. The lowest BCUT2D eigenvalue weighted by atomic mass is 10.0. The number of hydrogen-bond donors (Lipinski definition) is 0. The first kappa shape index (κ1) is 18.7. The highest BCUT2D eigenvalue weighted by atomic mass is 19.4. The molecule has 2 nitrogen and oxygen atoms in total. The van der Waals surface area contributed by atoms with Crippen LogP contribution in [0.2, 0.25) is 0 Å². The number of hydrogen-bond acceptors (Lipinski definition) is 1. The van der Waals surface area contributed by atoms with Gasteiger partial charge in [0.05, 0.1) is 11.1 Å². The highest BCUT2D eigenvalue weighted by Crippen LogP contribution is 2.37. The SMILES string of the molecule is C/C(=C\n1c2c(c3cc(C(F)(F)F)ccc31)CN(C)CC2)c1ccc(F)cc1. The van der Waals surface area contributed by atoms with Crippen LogP contribution in [0, 0.1) is 5.82 Å². The molecule has 0 atom stereocenters. The van der Waals surface area contributed by atoms with Crippen LogP contribution in [-0.4, -0.2) is 23.1 Å². The molecule has 6 heteroatoms. The summed E-state index contributed by atoms with van der Waals surface area (Å²) in [5.74, 6) is -0.303. The topological polar surface area (TPSA) is 8.17 Å². The second kappa shape index (κ2) is 6.78. The molecule has 0 aliphatic carbocycles. The monoisotopic (exact) mass is 388 g/mol. The van der Waals surface area contributed by atoms with Gasteiger partial charge in [0.25, 0.3) is 0 Å². The predicted octanol–water partition coefficient (Wildman–Crippen LogP) is 5.81. The zero-order chi connectivity index (χ0) is 20.1. The highest BCUT2D eigenvalue weighted by molar-refractivity contribution is 5.90. The number of aromatic nitrogens is 1. The molecule has 0 bridgehead atoms. The fraction of sp³-hybridized carbons (Fsp3) is 0.273. The van der Waals surface area contributed by atoms with E-state index in [1.807, 2.05) is 24.7 Å². The Balaban J connectivity index is 1.90. The van der Waals surface area contributed by atoms with Gasteiger partial charge in [0.15, 0.2) is 0 Å². The van der Waals surface area contributed by atoms with Crippen molar-refractivity contribution in [2.24, 2.45) is 0 Å². The number of benzene rings is 2. The van der Waals surface area contributed by atoms with E-state index in [4.69, 9.17) is 0 Å². The van der Waals surface area contributed by atoms with Gasteiger partial charge in [-0.05, 0) is 61.0 Å². The van der Waals surface area contributed by atoms with Crippen LogP contribution in [0.15, 0.2) is 42.5 Å². The van der Waals surface area contributed by atoms with E-state index in [-0.39, 0.29) is 5.82 Å². The second-order valence-corrected chi connectivity index (χ2v) is 7.33. The summed E-state index contributed by atoms with van der Waals surface area (Å²) in [5, 5.41) is 0.638. The Morgan fingerprint density at radius 3 is 2.46 bits per heavy atom. The van der Waals surface area contributed by atoms with Crippen molar-refractivity contribution in [3.8, 4) is 0 Å². The molecule has 1 aromatic heterocycles. The minimum Gasteiger partial charge on any atom is -0.320 e. The Labute approximate surface area is 160 Å². The lowest BCUT2D eigenvalue weighted by Crippen LogP contribution is -2.26. The molecule has 0 radical (unpaired) electrons. The van der Waals surface area contributed by atoms with E-state index in [1.165, 1.54) is 18.2 Å². The molecular formula is C22H20F4N2. The molecule has 28 heavy (non-hydrogen) atoms. The Morgan fingerprint density at radius 2 is 1.79 bits per heavy atom. The summed E-state index contributed by atoms with van der Waals surface area (Å²) in [6, 6.07) is 10.1. The number of likely N-dealkylation sites (N-methyl/N-ethyl adjacent to an activating group) is 1. The van der Waals surface area contributed by atoms with Crippen molar-refractivity contribution in [3.63, 3.8) is 0 Å². The first-order chi connectivity index (χ1) is 13.2. The number of allylic oxidation sites excluding steroid dienone is 1. The van der Waals surface area contributed by atoms with Crippen LogP contribution in [0.25, 0.3) is 22.7 Å². The standard InChI is InChI=1S/C22H20F4N2/c1-14(15-3-6-17(23)7-4-15)12-28-20-8-5-16(22(24,25)26)11-18(20)19-13-27(2)10-9-21(19)28/h3-8,11-12H,9-10,13H2,1-2H3/b14-12+. The van der Waals surface area contributed by atoms with Crippen LogP contribution < -0.4 is 0 Å². The van der Waals surface area contributed by atoms with Gasteiger partial charge in [-0.15, -0.1) is 0 Å². The van der Waals surface area contributed by atoms with Gasteiger partial charge in [-0.2, -0.15) is 13.2 Å². The van der Waals surface area contributed by atoms with Crippen molar-refractivity contribution in [3.05, 3.63) is 70.7 Å². The number of fused-ring (bicyclic) bond motifs is 3. The van der Waals surface area contributed by atoms with Gasteiger partial charge in [-0.25, -0.2) is 4.39 Å². The third-order valence-corrected chi connectivity index (χ3v) is 5.33. The lowest BCUT2D eigenvalue weighted by molar-refractivity contribution is -0.137. The Hall–Kier alpha value is -2.60. The van der Waals surface area contributed by atoms with Crippen LogP contribution in [-0.2, 0) is 19.1 Å². The summed E-state index contributed by atoms with van der Waals surface area (Å²) < 4.78 is 54.9. The third kappa shape index (κ3) is 3.33. The number of nitrogens with zero attached hydrogens (tertiary/aromatic N) is 2. The van der Waals surface area contributed by atoms with Crippen LogP contribution in [0.4, 0.5) is 17.6 Å². The Morgan fingerprint density at radius 1 is 1.07 bits per heavy atom.